The van der Waals surface area contributed by atoms with Crippen LogP contribution in [0.4, 0.5) is 0 Å². The van der Waals surface area contributed by atoms with Crippen molar-refractivity contribution in [3.63, 3.8) is 0 Å². The standard InChI is InChI=1S/C31H46O6/c1-7-8-9-12-23-19-31(20-35-31)29(30(4)25(37-30)16-14-21(2)3)28(34-6)27(23)36-26(32)17-15-22-11-10-13-24(18-22)33-5/h10-11,13,15,17-18,21,23,25,27-29H,7-9,12,14,16,19-20H2,1-6H3/b17-15+/t23-,25-,27-,28-,29-,30+,31+/m1/s1. The SMILES string of the molecule is CCCCC[C@@H]1C[C@]2(CO2)[C@@H]([C@@]2(C)O[C@@H]2CCC(C)C)[C@H](OC)[C@@H]1OC(=O)/C=C/c1cccc(OC)c1. The molecular weight excluding hydrogens is 468 g/mol. The van der Waals surface area contributed by atoms with Crippen molar-refractivity contribution in [2.45, 2.75) is 102 Å². The molecule has 2 heterocycles. The maximum Gasteiger partial charge on any atom is 0.331 e. The minimum Gasteiger partial charge on any atom is -0.497 e. The van der Waals surface area contributed by atoms with E-state index in [-0.39, 0.29) is 47.3 Å². The van der Waals surface area contributed by atoms with Crippen molar-refractivity contribution in [3.05, 3.63) is 35.9 Å². The number of unbranched alkanes of at least 4 members (excludes halogenated alkanes) is 2. The van der Waals surface area contributed by atoms with Gasteiger partial charge in [0.15, 0.2) is 0 Å². The van der Waals surface area contributed by atoms with Gasteiger partial charge in [-0.15, -0.1) is 0 Å². The molecule has 7 atom stereocenters. The van der Waals surface area contributed by atoms with Crippen molar-refractivity contribution in [2.24, 2.45) is 17.8 Å². The fourth-order valence-electron chi connectivity index (χ4n) is 6.50. The van der Waals surface area contributed by atoms with Crippen LogP contribution < -0.4 is 4.74 Å². The fourth-order valence-corrected chi connectivity index (χ4v) is 6.50. The molecule has 0 amide bonds. The summed E-state index contributed by atoms with van der Waals surface area (Å²) in [6, 6.07) is 7.61. The predicted molar refractivity (Wildman–Crippen MR) is 144 cm³/mol. The summed E-state index contributed by atoms with van der Waals surface area (Å²) < 4.78 is 30.3. The first-order chi connectivity index (χ1) is 17.8. The molecule has 0 bridgehead atoms. The Morgan fingerprint density at radius 2 is 1.97 bits per heavy atom. The van der Waals surface area contributed by atoms with Gasteiger partial charge in [-0.2, -0.15) is 0 Å². The number of epoxide rings is 2. The van der Waals surface area contributed by atoms with E-state index in [4.69, 9.17) is 23.7 Å². The third-order valence-electron chi connectivity index (χ3n) is 8.62. The third kappa shape index (κ3) is 6.40. The van der Waals surface area contributed by atoms with Crippen molar-refractivity contribution >= 4 is 12.0 Å². The molecule has 2 aliphatic heterocycles. The van der Waals surface area contributed by atoms with E-state index in [0.29, 0.717) is 5.92 Å². The van der Waals surface area contributed by atoms with Crippen molar-refractivity contribution in [3.8, 4) is 5.75 Å². The molecule has 37 heavy (non-hydrogen) atoms. The summed E-state index contributed by atoms with van der Waals surface area (Å²) in [6.07, 6.45) is 10.3. The van der Waals surface area contributed by atoms with Gasteiger partial charge in [-0.25, -0.2) is 4.79 Å². The molecule has 6 nitrogen and oxygen atoms in total. The van der Waals surface area contributed by atoms with Crippen LogP contribution in [0.2, 0.25) is 0 Å². The number of esters is 1. The topological polar surface area (TPSA) is 69.8 Å². The lowest BCUT2D eigenvalue weighted by molar-refractivity contribution is -0.179. The lowest BCUT2D eigenvalue weighted by Gasteiger charge is -2.46. The lowest BCUT2D eigenvalue weighted by Crippen LogP contribution is -2.59. The van der Waals surface area contributed by atoms with Gasteiger partial charge in [0, 0.05) is 19.1 Å². The molecule has 206 valence electrons. The van der Waals surface area contributed by atoms with E-state index in [1.807, 2.05) is 24.3 Å². The van der Waals surface area contributed by atoms with E-state index >= 15 is 0 Å². The fraction of sp³-hybridized carbons (Fsp3) is 0.710. The summed E-state index contributed by atoms with van der Waals surface area (Å²) in [7, 11) is 3.37. The van der Waals surface area contributed by atoms with Crippen LogP contribution in [0, 0.1) is 17.8 Å². The zero-order valence-electron chi connectivity index (χ0n) is 23.5. The Hall–Kier alpha value is -1.89. The number of ether oxygens (including phenoxy) is 5. The van der Waals surface area contributed by atoms with E-state index < -0.39 is 0 Å². The first kappa shape index (κ1) is 28.1. The number of methoxy groups -OCH3 is 2. The third-order valence-corrected chi connectivity index (χ3v) is 8.62. The zero-order valence-corrected chi connectivity index (χ0v) is 23.5. The van der Waals surface area contributed by atoms with E-state index in [9.17, 15) is 4.79 Å². The molecule has 1 aromatic carbocycles. The Morgan fingerprint density at radius 1 is 1.19 bits per heavy atom. The maximum atomic E-state index is 13.1. The first-order valence-corrected chi connectivity index (χ1v) is 14.1. The zero-order chi connectivity index (χ0) is 26.6. The molecule has 0 radical (unpaired) electrons. The van der Waals surface area contributed by atoms with E-state index in [2.05, 4.69) is 27.7 Å². The summed E-state index contributed by atoms with van der Waals surface area (Å²) in [5.41, 5.74) is 0.331. The molecule has 1 aliphatic carbocycles. The van der Waals surface area contributed by atoms with Crippen LogP contribution in [0.1, 0.15) is 78.2 Å². The maximum absolute atomic E-state index is 13.1. The smallest absolute Gasteiger partial charge is 0.331 e. The number of carbonyl (C=O) groups excluding carboxylic acids is 1. The molecular formula is C31H46O6. The molecule has 0 N–H and O–H groups in total. The molecule has 6 heteroatoms. The van der Waals surface area contributed by atoms with Crippen LogP contribution in [-0.2, 0) is 23.7 Å². The van der Waals surface area contributed by atoms with Crippen molar-refractivity contribution in [1.82, 2.24) is 0 Å². The summed E-state index contributed by atoms with van der Waals surface area (Å²) in [6.45, 7) is 9.65. The van der Waals surface area contributed by atoms with Crippen molar-refractivity contribution in [2.75, 3.05) is 20.8 Å². The van der Waals surface area contributed by atoms with Crippen LogP contribution in [0.25, 0.3) is 6.08 Å². The Kier molecular flexibility index (Phi) is 9.03. The summed E-state index contributed by atoms with van der Waals surface area (Å²) in [4.78, 5) is 13.1. The highest BCUT2D eigenvalue weighted by Gasteiger charge is 2.73. The minimum atomic E-state index is -0.347. The highest BCUT2D eigenvalue weighted by Crippen LogP contribution is 2.61. The lowest BCUT2D eigenvalue weighted by atomic mass is 9.63. The molecule has 3 aliphatic rings. The van der Waals surface area contributed by atoms with Gasteiger partial charge in [0.1, 0.15) is 29.2 Å². The van der Waals surface area contributed by atoms with Crippen molar-refractivity contribution in [1.29, 1.82) is 0 Å². The molecule has 1 saturated carbocycles. The number of hydrogen-bond acceptors (Lipinski definition) is 6. The van der Waals surface area contributed by atoms with Gasteiger partial charge < -0.3 is 23.7 Å². The van der Waals surface area contributed by atoms with Gasteiger partial charge in [0.2, 0.25) is 0 Å². The molecule has 1 spiro atoms. The summed E-state index contributed by atoms with van der Waals surface area (Å²) in [5.74, 6) is 1.27. The normalized spacial score (nSPS) is 34.7. The highest BCUT2D eigenvalue weighted by molar-refractivity contribution is 5.87. The van der Waals surface area contributed by atoms with Gasteiger partial charge >= 0.3 is 5.97 Å². The second-order valence-electron chi connectivity index (χ2n) is 11.8. The van der Waals surface area contributed by atoms with Gasteiger partial charge in [-0.3, -0.25) is 0 Å². The predicted octanol–water partition coefficient (Wildman–Crippen LogP) is 6.21. The van der Waals surface area contributed by atoms with Gasteiger partial charge in [-0.1, -0.05) is 52.2 Å². The largest absolute Gasteiger partial charge is 0.497 e. The number of hydrogen-bond donors (Lipinski definition) is 0. The number of benzene rings is 1. The van der Waals surface area contributed by atoms with Crippen LogP contribution in [-0.4, -0.2) is 56.3 Å². The van der Waals surface area contributed by atoms with Crippen LogP contribution in [0.5, 0.6) is 5.75 Å². The monoisotopic (exact) mass is 514 g/mol. The molecule has 3 fully saturated rings. The molecule has 0 unspecified atom stereocenters. The van der Waals surface area contributed by atoms with Gasteiger partial charge in [0.25, 0.3) is 0 Å². The average Bonchev–Trinajstić information content (AvgIpc) is 3.80. The van der Waals surface area contributed by atoms with Gasteiger partial charge in [0.05, 0.1) is 25.7 Å². The number of carbonyl (C=O) groups is 1. The Balaban J connectivity index is 1.53. The van der Waals surface area contributed by atoms with E-state index in [1.165, 1.54) is 12.5 Å². The first-order valence-electron chi connectivity index (χ1n) is 14.1. The van der Waals surface area contributed by atoms with Crippen LogP contribution in [0.3, 0.4) is 0 Å². The second kappa shape index (κ2) is 11.9. The van der Waals surface area contributed by atoms with Gasteiger partial charge in [-0.05, 0) is 62.3 Å². The second-order valence-corrected chi connectivity index (χ2v) is 11.8. The Labute approximate surface area is 223 Å². The summed E-state index contributed by atoms with van der Waals surface area (Å²) >= 11 is 0. The van der Waals surface area contributed by atoms with Crippen LogP contribution in [0.15, 0.2) is 30.3 Å². The van der Waals surface area contributed by atoms with E-state index in [0.717, 1.165) is 56.4 Å². The molecule has 2 saturated heterocycles. The molecule has 4 rings (SSSR count). The Bertz CT molecular complexity index is 937. The minimum absolute atomic E-state index is 0.0322. The van der Waals surface area contributed by atoms with Crippen molar-refractivity contribution < 1.29 is 28.5 Å². The number of rotatable bonds is 13. The van der Waals surface area contributed by atoms with Crippen LogP contribution >= 0.6 is 0 Å². The molecule has 0 aromatic heterocycles. The average molecular weight is 515 g/mol. The van der Waals surface area contributed by atoms with E-state index in [1.54, 1.807) is 20.3 Å². The highest BCUT2D eigenvalue weighted by atomic mass is 16.6. The molecule has 1 aromatic rings. The summed E-state index contributed by atoms with van der Waals surface area (Å²) in [5, 5.41) is 0. The quantitative estimate of drug-likeness (QED) is 0.135. The Morgan fingerprint density at radius 3 is 2.62 bits per heavy atom.